The van der Waals surface area contributed by atoms with Gasteiger partial charge in [0.25, 0.3) is 0 Å². The van der Waals surface area contributed by atoms with Crippen molar-refractivity contribution < 1.29 is 0 Å². The summed E-state index contributed by atoms with van der Waals surface area (Å²) >= 11 is 0. The standard InChI is InChI=1S/C11H19N3/c1-11(2,3)10(14-12)7-9-5-4-6-13-8-9/h4-6,8,10,14H,7,12H2,1-3H3. The predicted octanol–water partition coefficient (Wildman–Crippen LogP) is 1.50. The van der Waals surface area contributed by atoms with Crippen LogP contribution in [-0.4, -0.2) is 11.0 Å². The molecule has 0 amide bonds. The third kappa shape index (κ3) is 3.09. The van der Waals surface area contributed by atoms with E-state index in [1.807, 2.05) is 12.3 Å². The minimum absolute atomic E-state index is 0.157. The number of aromatic nitrogens is 1. The zero-order valence-electron chi connectivity index (χ0n) is 9.12. The molecule has 1 aromatic rings. The zero-order valence-corrected chi connectivity index (χ0v) is 9.12. The first-order chi connectivity index (χ1) is 6.54. The number of nitrogens with two attached hydrogens (primary N) is 1. The van der Waals surface area contributed by atoms with Gasteiger partial charge in [0.1, 0.15) is 0 Å². The van der Waals surface area contributed by atoms with Crippen LogP contribution in [0.5, 0.6) is 0 Å². The van der Waals surface area contributed by atoms with Gasteiger partial charge in [-0.3, -0.25) is 16.3 Å². The number of hydrazine groups is 1. The fraction of sp³-hybridized carbons (Fsp3) is 0.545. The van der Waals surface area contributed by atoms with Crippen molar-refractivity contribution in [2.45, 2.75) is 33.2 Å². The number of rotatable bonds is 3. The van der Waals surface area contributed by atoms with E-state index in [-0.39, 0.29) is 11.5 Å². The second kappa shape index (κ2) is 4.53. The second-order valence-electron chi connectivity index (χ2n) is 4.65. The van der Waals surface area contributed by atoms with Crippen LogP contribution in [0.1, 0.15) is 26.3 Å². The van der Waals surface area contributed by atoms with Crippen molar-refractivity contribution in [2.24, 2.45) is 11.3 Å². The van der Waals surface area contributed by atoms with Crippen molar-refractivity contribution in [3.05, 3.63) is 30.1 Å². The third-order valence-electron chi connectivity index (χ3n) is 2.41. The zero-order chi connectivity index (χ0) is 10.6. The Balaban J connectivity index is 2.67. The number of pyridine rings is 1. The van der Waals surface area contributed by atoms with Crippen LogP contribution < -0.4 is 11.3 Å². The number of hydrogen-bond donors (Lipinski definition) is 2. The molecule has 0 bridgehead atoms. The molecule has 0 fully saturated rings. The van der Waals surface area contributed by atoms with Gasteiger partial charge in [-0.2, -0.15) is 0 Å². The normalized spacial score (nSPS) is 14.0. The molecular formula is C11H19N3. The quantitative estimate of drug-likeness (QED) is 0.565. The largest absolute Gasteiger partial charge is 0.271 e. The summed E-state index contributed by atoms with van der Waals surface area (Å²) in [5.41, 5.74) is 4.23. The average Bonchev–Trinajstić information content (AvgIpc) is 2.14. The van der Waals surface area contributed by atoms with E-state index < -0.39 is 0 Å². The maximum Gasteiger partial charge on any atom is 0.0300 e. The smallest absolute Gasteiger partial charge is 0.0300 e. The minimum Gasteiger partial charge on any atom is -0.271 e. The lowest BCUT2D eigenvalue weighted by atomic mass is 9.84. The van der Waals surface area contributed by atoms with Crippen LogP contribution in [0.25, 0.3) is 0 Å². The van der Waals surface area contributed by atoms with Gasteiger partial charge in [0, 0.05) is 18.4 Å². The molecule has 0 saturated heterocycles. The summed E-state index contributed by atoms with van der Waals surface area (Å²) in [6.07, 6.45) is 4.58. The fourth-order valence-electron chi connectivity index (χ4n) is 1.37. The average molecular weight is 193 g/mol. The van der Waals surface area contributed by atoms with Crippen molar-refractivity contribution in [3.8, 4) is 0 Å². The maximum absolute atomic E-state index is 5.54. The third-order valence-corrected chi connectivity index (χ3v) is 2.41. The highest BCUT2D eigenvalue weighted by molar-refractivity contribution is 5.11. The molecule has 0 spiro atoms. The molecule has 1 heterocycles. The SMILES string of the molecule is CC(C)(C)C(Cc1cccnc1)NN. The molecule has 0 saturated carbocycles. The van der Waals surface area contributed by atoms with E-state index in [0.717, 1.165) is 6.42 Å². The molecule has 3 nitrogen and oxygen atoms in total. The van der Waals surface area contributed by atoms with E-state index in [0.29, 0.717) is 0 Å². The highest BCUT2D eigenvalue weighted by Gasteiger charge is 2.23. The molecule has 0 aromatic carbocycles. The van der Waals surface area contributed by atoms with Gasteiger partial charge in [-0.1, -0.05) is 26.8 Å². The van der Waals surface area contributed by atoms with Crippen molar-refractivity contribution >= 4 is 0 Å². The van der Waals surface area contributed by atoms with E-state index in [1.165, 1.54) is 5.56 Å². The van der Waals surface area contributed by atoms with Gasteiger partial charge in [-0.25, -0.2) is 0 Å². The van der Waals surface area contributed by atoms with Crippen LogP contribution in [0.4, 0.5) is 0 Å². The van der Waals surface area contributed by atoms with Crippen LogP contribution >= 0.6 is 0 Å². The van der Waals surface area contributed by atoms with Crippen LogP contribution in [0.2, 0.25) is 0 Å². The van der Waals surface area contributed by atoms with Gasteiger partial charge < -0.3 is 0 Å². The van der Waals surface area contributed by atoms with Crippen LogP contribution in [-0.2, 0) is 6.42 Å². The Morgan fingerprint density at radius 1 is 1.50 bits per heavy atom. The van der Waals surface area contributed by atoms with Gasteiger partial charge in [-0.05, 0) is 23.5 Å². The van der Waals surface area contributed by atoms with Crippen molar-refractivity contribution in [1.29, 1.82) is 0 Å². The van der Waals surface area contributed by atoms with Crippen molar-refractivity contribution in [2.75, 3.05) is 0 Å². The molecule has 3 heteroatoms. The summed E-state index contributed by atoms with van der Waals surface area (Å²) in [5.74, 6) is 5.54. The highest BCUT2D eigenvalue weighted by atomic mass is 15.2. The molecule has 0 aliphatic rings. The minimum atomic E-state index is 0.157. The second-order valence-corrected chi connectivity index (χ2v) is 4.65. The lowest BCUT2D eigenvalue weighted by Gasteiger charge is -2.29. The van der Waals surface area contributed by atoms with Gasteiger partial charge in [0.05, 0.1) is 0 Å². The van der Waals surface area contributed by atoms with Gasteiger partial charge in [0.15, 0.2) is 0 Å². The summed E-state index contributed by atoms with van der Waals surface area (Å²) in [6.45, 7) is 6.52. The highest BCUT2D eigenvalue weighted by Crippen LogP contribution is 2.21. The van der Waals surface area contributed by atoms with E-state index in [4.69, 9.17) is 5.84 Å². The van der Waals surface area contributed by atoms with Crippen molar-refractivity contribution in [3.63, 3.8) is 0 Å². The van der Waals surface area contributed by atoms with Gasteiger partial charge in [0.2, 0.25) is 0 Å². The summed E-state index contributed by atoms with van der Waals surface area (Å²) < 4.78 is 0. The molecule has 0 aliphatic heterocycles. The molecular weight excluding hydrogens is 174 g/mol. The number of nitrogens with one attached hydrogen (secondary N) is 1. The lowest BCUT2D eigenvalue weighted by Crippen LogP contribution is -2.45. The van der Waals surface area contributed by atoms with Gasteiger partial charge >= 0.3 is 0 Å². The molecule has 1 aromatic heterocycles. The topological polar surface area (TPSA) is 50.9 Å². The van der Waals surface area contributed by atoms with Crippen LogP contribution in [0, 0.1) is 5.41 Å². The Hall–Kier alpha value is -0.930. The van der Waals surface area contributed by atoms with Crippen LogP contribution in [0.3, 0.4) is 0 Å². The van der Waals surface area contributed by atoms with E-state index in [2.05, 4.69) is 37.2 Å². The Morgan fingerprint density at radius 3 is 2.64 bits per heavy atom. The molecule has 14 heavy (non-hydrogen) atoms. The molecule has 0 aliphatic carbocycles. The van der Waals surface area contributed by atoms with Gasteiger partial charge in [-0.15, -0.1) is 0 Å². The Kier molecular flexibility index (Phi) is 3.61. The first-order valence-electron chi connectivity index (χ1n) is 4.89. The Bertz CT molecular complexity index is 264. The Morgan fingerprint density at radius 2 is 2.21 bits per heavy atom. The Labute approximate surface area is 85.7 Å². The lowest BCUT2D eigenvalue weighted by molar-refractivity contribution is 0.269. The van der Waals surface area contributed by atoms with E-state index >= 15 is 0 Å². The molecule has 1 rings (SSSR count). The van der Waals surface area contributed by atoms with E-state index in [1.54, 1.807) is 6.20 Å². The summed E-state index contributed by atoms with van der Waals surface area (Å²) in [7, 11) is 0. The molecule has 0 radical (unpaired) electrons. The monoisotopic (exact) mass is 193 g/mol. The number of nitrogens with zero attached hydrogens (tertiary/aromatic N) is 1. The summed E-state index contributed by atoms with van der Waals surface area (Å²) in [4.78, 5) is 4.09. The predicted molar refractivity (Wildman–Crippen MR) is 58.5 cm³/mol. The molecule has 78 valence electrons. The maximum atomic E-state index is 5.54. The van der Waals surface area contributed by atoms with Crippen LogP contribution in [0.15, 0.2) is 24.5 Å². The van der Waals surface area contributed by atoms with E-state index in [9.17, 15) is 0 Å². The summed E-state index contributed by atoms with van der Waals surface area (Å²) in [5, 5.41) is 0. The first-order valence-corrected chi connectivity index (χ1v) is 4.89. The van der Waals surface area contributed by atoms with Crippen molar-refractivity contribution in [1.82, 2.24) is 10.4 Å². The molecule has 1 unspecified atom stereocenters. The molecule has 1 atom stereocenters. The molecule has 3 N–H and O–H groups in total. The summed E-state index contributed by atoms with van der Waals surface area (Å²) in [6, 6.07) is 4.29. The fourth-order valence-corrected chi connectivity index (χ4v) is 1.37. The first kappa shape index (κ1) is 11.1. The number of hydrogen-bond acceptors (Lipinski definition) is 3.